The topological polar surface area (TPSA) is 0 Å². The van der Waals surface area contributed by atoms with E-state index in [4.69, 9.17) is 12.6 Å². The van der Waals surface area contributed by atoms with Gasteiger partial charge >= 0.3 is 0 Å². The van der Waals surface area contributed by atoms with Gasteiger partial charge in [-0.2, -0.15) is 12.6 Å². The first-order chi connectivity index (χ1) is 12.6. The molecule has 0 spiro atoms. The van der Waals surface area contributed by atoms with Gasteiger partial charge in [0.1, 0.15) is 0 Å². The summed E-state index contributed by atoms with van der Waals surface area (Å²) in [7, 11) is 0. The molecule has 0 nitrogen and oxygen atoms in total. The first-order valence-corrected chi connectivity index (χ1v) is 12.8. The molecule has 0 bridgehead atoms. The quantitative estimate of drug-likeness (QED) is 0.458. The fourth-order valence-electron chi connectivity index (χ4n) is 7.20. The molecule has 3 aliphatic carbocycles. The summed E-state index contributed by atoms with van der Waals surface area (Å²) in [5.74, 6) is 5.71. The summed E-state index contributed by atoms with van der Waals surface area (Å²) in [4.78, 5) is 0. The van der Waals surface area contributed by atoms with Gasteiger partial charge in [0.05, 0.1) is 0 Å². The Labute approximate surface area is 176 Å². The van der Waals surface area contributed by atoms with Gasteiger partial charge in [0.25, 0.3) is 0 Å². The highest BCUT2D eigenvalue weighted by Gasteiger charge is 2.45. The molecule has 3 rings (SSSR count). The number of rotatable bonds is 3. The molecule has 27 heavy (non-hydrogen) atoms. The molecule has 3 atom stereocenters. The maximum atomic E-state index is 5.17. The van der Waals surface area contributed by atoms with Crippen LogP contribution in [0.5, 0.6) is 0 Å². The third kappa shape index (κ3) is 5.10. The summed E-state index contributed by atoms with van der Waals surface area (Å²) in [5, 5.41) is 0.607. The molecule has 0 aromatic carbocycles. The van der Waals surface area contributed by atoms with Gasteiger partial charge in [-0.15, -0.1) is 0 Å². The Kier molecular flexibility index (Phi) is 7.03. The van der Waals surface area contributed by atoms with Gasteiger partial charge in [0, 0.05) is 5.25 Å². The molecular formula is C26H48S. The van der Waals surface area contributed by atoms with Crippen LogP contribution < -0.4 is 0 Å². The standard InChI is InChI=1S/C26H48S/c1-18-7-9-19(10-8-18)20-11-13-21(14-12-20)26(5,6)23-16-15-22(17-24(23)27)25(2,3)4/h18-24,27H,7-17H2,1-6H3. The molecule has 158 valence electrons. The monoisotopic (exact) mass is 392 g/mol. The van der Waals surface area contributed by atoms with Crippen molar-refractivity contribution in [3.05, 3.63) is 0 Å². The Morgan fingerprint density at radius 1 is 0.630 bits per heavy atom. The predicted molar refractivity (Wildman–Crippen MR) is 123 cm³/mol. The zero-order valence-corrected chi connectivity index (χ0v) is 20.2. The van der Waals surface area contributed by atoms with Gasteiger partial charge in [-0.25, -0.2) is 0 Å². The molecule has 1 heteroatoms. The lowest BCUT2D eigenvalue weighted by Gasteiger charge is -2.51. The molecule has 0 N–H and O–H groups in total. The number of hydrogen-bond donors (Lipinski definition) is 1. The van der Waals surface area contributed by atoms with Crippen LogP contribution in [0.1, 0.15) is 112 Å². The first-order valence-electron chi connectivity index (χ1n) is 12.3. The molecular weight excluding hydrogens is 344 g/mol. The highest BCUT2D eigenvalue weighted by atomic mass is 32.1. The summed E-state index contributed by atoms with van der Waals surface area (Å²) in [6.07, 6.45) is 16.2. The van der Waals surface area contributed by atoms with E-state index in [0.717, 1.165) is 35.5 Å². The van der Waals surface area contributed by atoms with Crippen LogP contribution in [0.2, 0.25) is 0 Å². The molecule has 0 heterocycles. The van der Waals surface area contributed by atoms with Crippen LogP contribution in [0.15, 0.2) is 0 Å². The van der Waals surface area contributed by atoms with Crippen molar-refractivity contribution < 1.29 is 0 Å². The van der Waals surface area contributed by atoms with E-state index in [1.165, 1.54) is 70.6 Å². The lowest BCUT2D eigenvalue weighted by molar-refractivity contribution is 0.0200. The van der Waals surface area contributed by atoms with E-state index in [-0.39, 0.29) is 0 Å². The van der Waals surface area contributed by atoms with E-state index >= 15 is 0 Å². The van der Waals surface area contributed by atoms with Crippen molar-refractivity contribution in [3.8, 4) is 0 Å². The largest absolute Gasteiger partial charge is 0.176 e. The van der Waals surface area contributed by atoms with Crippen molar-refractivity contribution in [1.82, 2.24) is 0 Å². The molecule has 3 fully saturated rings. The third-order valence-corrected chi connectivity index (χ3v) is 10.1. The van der Waals surface area contributed by atoms with Crippen LogP contribution >= 0.6 is 12.6 Å². The Bertz CT molecular complexity index is 457. The van der Waals surface area contributed by atoms with Crippen LogP contribution in [0.25, 0.3) is 0 Å². The van der Waals surface area contributed by atoms with E-state index in [9.17, 15) is 0 Å². The Morgan fingerprint density at radius 3 is 1.59 bits per heavy atom. The second kappa shape index (κ2) is 8.61. The highest BCUT2D eigenvalue weighted by molar-refractivity contribution is 7.81. The lowest BCUT2D eigenvalue weighted by atomic mass is 9.56. The molecule has 0 saturated heterocycles. The van der Waals surface area contributed by atoms with E-state index in [1.54, 1.807) is 0 Å². The molecule has 0 aliphatic heterocycles. The van der Waals surface area contributed by atoms with Crippen LogP contribution in [-0.2, 0) is 0 Å². The van der Waals surface area contributed by atoms with Gasteiger partial charge in [0.2, 0.25) is 0 Å². The van der Waals surface area contributed by atoms with E-state index in [2.05, 4.69) is 41.5 Å². The van der Waals surface area contributed by atoms with Gasteiger partial charge < -0.3 is 0 Å². The van der Waals surface area contributed by atoms with Gasteiger partial charge in [0.15, 0.2) is 0 Å². The second-order valence-electron chi connectivity index (χ2n) is 12.5. The summed E-state index contributed by atoms with van der Waals surface area (Å²) >= 11 is 5.17. The van der Waals surface area contributed by atoms with Crippen LogP contribution in [0.4, 0.5) is 0 Å². The van der Waals surface area contributed by atoms with E-state index < -0.39 is 0 Å². The van der Waals surface area contributed by atoms with E-state index in [1.807, 2.05) is 0 Å². The normalized spacial score (nSPS) is 42.1. The van der Waals surface area contributed by atoms with Gasteiger partial charge in [-0.1, -0.05) is 54.4 Å². The van der Waals surface area contributed by atoms with Crippen LogP contribution in [-0.4, -0.2) is 5.25 Å². The van der Waals surface area contributed by atoms with Crippen molar-refractivity contribution in [2.24, 2.45) is 46.3 Å². The van der Waals surface area contributed by atoms with Crippen LogP contribution in [0, 0.1) is 46.3 Å². The zero-order chi connectivity index (χ0) is 19.8. The fourth-order valence-corrected chi connectivity index (χ4v) is 7.98. The smallest absolute Gasteiger partial charge is 0.00531 e. The third-order valence-electron chi connectivity index (χ3n) is 9.55. The fraction of sp³-hybridized carbons (Fsp3) is 1.00. The molecule has 3 unspecified atom stereocenters. The maximum Gasteiger partial charge on any atom is 0.00531 e. The highest BCUT2D eigenvalue weighted by Crippen LogP contribution is 2.54. The summed E-state index contributed by atoms with van der Waals surface area (Å²) in [6, 6.07) is 0. The average Bonchev–Trinajstić information content (AvgIpc) is 2.61. The molecule has 0 amide bonds. The van der Waals surface area contributed by atoms with Crippen molar-refractivity contribution in [3.63, 3.8) is 0 Å². The average molecular weight is 393 g/mol. The van der Waals surface area contributed by atoms with E-state index in [0.29, 0.717) is 16.1 Å². The lowest BCUT2D eigenvalue weighted by Crippen LogP contribution is -2.44. The number of hydrogen-bond acceptors (Lipinski definition) is 1. The Balaban J connectivity index is 1.54. The molecule has 3 aliphatic rings. The molecule has 0 aromatic heterocycles. The van der Waals surface area contributed by atoms with Gasteiger partial charge in [-0.3, -0.25) is 0 Å². The van der Waals surface area contributed by atoms with Crippen molar-refractivity contribution in [1.29, 1.82) is 0 Å². The number of thiol groups is 1. The van der Waals surface area contributed by atoms with Crippen molar-refractivity contribution in [2.45, 2.75) is 117 Å². The SMILES string of the molecule is CC1CCC(C2CCC(C(C)(C)C3CCC(C(C)(C)C)CC3S)CC2)CC1. The Morgan fingerprint density at radius 2 is 1.11 bits per heavy atom. The minimum absolute atomic E-state index is 0.450. The van der Waals surface area contributed by atoms with Crippen molar-refractivity contribution >= 4 is 12.6 Å². The predicted octanol–water partition coefficient (Wildman–Crippen LogP) is 8.41. The maximum absolute atomic E-state index is 5.17. The summed E-state index contributed by atoms with van der Waals surface area (Å²) in [5.41, 5.74) is 0.924. The molecule has 0 aromatic rings. The minimum atomic E-state index is 0.450. The first kappa shape index (κ1) is 22.0. The summed E-state index contributed by atoms with van der Waals surface area (Å²) in [6.45, 7) is 14.9. The van der Waals surface area contributed by atoms with Crippen molar-refractivity contribution in [2.75, 3.05) is 0 Å². The minimum Gasteiger partial charge on any atom is -0.176 e. The molecule has 3 saturated carbocycles. The summed E-state index contributed by atoms with van der Waals surface area (Å²) < 4.78 is 0. The zero-order valence-electron chi connectivity index (χ0n) is 19.3. The second-order valence-corrected chi connectivity index (χ2v) is 13.2. The Hall–Kier alpha value is 0.350. The van der Waals surface area contributed by atoms with Crippen LogP contribution in [0.3, 0.4) is 0 Å². The van der Waals surface area contributed by atoms with Gasteiger partial charge in [-0.05, 0) is 104 Å². The molecule has 0 radical (unpaired) electrons.